The molecule has 7 heteroatoms. The SMILES string of the molecule is CCCCc1ccc(CCc2ccc3c(F)c(CCc4cc(F)c(OCC(F)(F)F)c(F)c4)ccc3c2)cc1. The molecule has 0 heterocycles. The van der Waals surface area contributed by atoms with E-state index in [0.717, 1.165) is 42.3 Å². The van der Waals surface area contributed by atoms with Gasteiger partial charge in [0.1, 0.15) is 5.82 Å². The van der Waals surface area contributed by atoms with Crippen molar-refractivity contribution >= 4 is 10.8 Å². The average Bonchev–Trinajstić information content (AvgIpc) is 2.90. The van der Waals surface area contributed by atoms with E-state index in [-0.39, 0.29) is 18.4 Å². The first-order valence-electron chi connectivity index (χ1n) is 13.1. The number of alkyl halides is 3. The molecule has 4 aromatic carbocycles. The van der Waals surface area contributed by atoms with Gasteiger partial charge < -0.3 is 4.74 Å². The zero-order chi connectivity index (χ0) is 28.0. The number of fused-ring (bicyclic) bond motifs is 1. The minimum atomic E-state index is -4.72. The van der Waals surface area contributed by atoms with Crippen molar-refractivity contribution < 1.29 is 31.1 Å². The molecule has 39 heavy (non-hydrogen) atoms. The van der Waals surface area contributed by atoms with Crippen LogP contribution >= 0.6 is 0 Å². The fraction of sp³-hybridized carbons (Fsp3) is 0.312. The first kappa shape index (κ1) is 28.5. The maximum atomic E-state index is 15.2. The van der Waals surface area contributed by atoms with Crippen molar-refractivity contribution in [3.63, 3.8) is 0 Å². The number of rotatable bonds is 11. The second-order valence-corrected chi connectivity index (χ2v) is 9.81. The van der Waals surface area contributed by atoms with E-state index in [1.54, 1.807) is 12.1 Å². The molecule has 0 radical (unpaired) electrons. The smallest absolute Gasteiger partial charge is 0.422 e. The van der Waals surface area contributed by atoms with Gasteiger partial charge in [0.15, 0.2) is 24.0 Å². The molecule has 4 aromatic rings. The van der Waals surface area contributed by atoms with E-state index in [1.165, 1.54) is 24.0 Å². The highest BCUT2D eigenvalue weighted by atomic mass is 19.4. The fourth-order valence-corrected chi connectivity index (χ4v) is 4.60. The van der Waals surface area contributed by atoms with Crippen molar-refractivity contribution in [1.82, 2.24) is 0 Å². The van der Waals surface area contributed by atoms with E-state index < -0.39 is 36.0 Å². The molecule has 0 aliphatic heterocycles. The van der Waals surface area contributed by atoms with Gasteiger partial charge in [-0.05, 0) is 83.9 Å². The van der Waals surface area contributed by atoms with E-state index in [9.17, 15) is 22.0 Å². The Morgan fingerprint density at radius 2 is 1.23 bits per heavy atom. The molecule has 4 rings (SSSR count). The summed E-state index contributed by atoms with van der Waals surface area (Å²) < 4.78 is 84.8. The first-order valence-corrected chi connectivity index (χ1v) is 13.1. The van der Waals surface area contributed by atoms with Crippen molar-refractivity contribution in [3.05, 3.63) is 112 Å². The maximum Gasteiger partial charge on any atom is 0.422 e. The second kappa shape index (κ2) is 12.6. The average molecular weight is 545 g/mol. The Hall–Kier alpha value is -3.48. The summed E-state index contributed by atoms with van der Waals surface area (Å²) in [6.07, 6.45) is 0.710. The molecule has 0 unspecified atom stereocenters. The molecular formula is C32H30F6O. The van der Waals surface area contributed by atoms with Gasteiger partial charge in [-0.2, -0.15) is 13.2 Å². The number of hydrogen-bond acceptors (Lipinski definition) is 1. The summed E-state index contributed by atoms with van der Waals surface area (Å²) in [7, 11) is 0. The number of hydrogen-bond donors (Lipinski definition) is 0. The highest BCUT2D eigenvalue weighted by molar-refractivity contribution is 5.84. The molecule has 1 nitrogen and oxygen atoms in total. The minimum Gasteiger partial charge on any atom is -0.478 e. The number of benzene rings is 4. The van der Waals surface area contributed by atoms with Gasteiger partial charge in [-0.25, -0.2) is 13.2 Å². The third kappa shape index (κ3) is 7.78. The van der Waals surface area contributed by atoms with Crippen molar-refractivity contribution in [2.24, 2.45) is 0 Å². The van der Waals surface area contributed by atoms with Crippen molar-refractivity contribution in [2.75, 3.05) is 6.61 Å². The van der Waals surface area contributed by atoms with Crippen LogP contribution in [0.2, 0.25) is 0 Å². The van der Waals surface area contributed by atoms with Gasteiger partial charge in [0.25, 0.3) is 0 Å². The Morgan fingerprint density at radius 3 is 1.87 bits per heavy atom. The summed E-state index contributed by atoms with van der Waals surface area (Å²) >= 11 is 0. The van der Waals surface area contributed by atoms with Crippen LogP contribution in [0, 0.1) is 17.5 Å². The molecule has 0 aliphatic rings. The lowest BCUT2D eigenvalue weighted by atomic mass is 9.97. The van der Waals surface area contributed by atoms with Crippen LogP contribution in [0.3, 0.4) is 0 Å². The summed E-state index contributed by atoms with van der Waals surface area (Å²) in [6.45, 7) is 0.386. The van der Waals surface area contributed by atoms with Crippen LogP contribution in [-0.2, 0) is 32.1 Å². The number of unbranched alkanes of at least 4 members (excludes halogenated alkanes) is 1. The summed E-state index contributed by atoms with van der Waals surface area (Å²) in [6, 6.07) is 19.7. The molecule has 0 saturated carbocycles. The molecule has 0 N–H and O–H groups in total. The van der Waals surface area contributed by atoms with Gasteiger partial charge >= 0.3 is 6.18 Å². The molecule has 0 aliphatic carbocycles. The van der Waals surface area contributed by atoms with Gasteiger partial charge in [0, 0.05) is 5.39 Å². The Kier molecular flexibility index (Phi) is 9.20. The van der Waals surface area contributed by atoms with Crippen molar-refractivity contribution in [3.8, 4) is 5.75 Å². The first-order chi connectivity index (χ1) is 18.6. The lowest BCUT2D eigenvalue weighted by molar-refractivity contribution is -0.154. The second-order valence-electron chi connectivity index (χ2n) is 9.81. The number of aryl methyl sites for hydroxylation is 5. The largest absolute Gasteiger partial charge is 0.478 e. The fourth-order valence-electron chi connectivity index (χ4n) is 4.60. The number of ether oxygens (including phenoxy) is 1. The zero-order valence-electron chi connectivity index (χ0n) is 21.7. The monoisotopic (exact) mass is 544 g/mol. The van der Waals surface area contributed by atoms with Crippen molar-refractivity contribution in [1.29, 1.82) is 0 Å². The Morgan fingerprint density at radius 1 is 0.641 bits per heavy atom. The van der Waals surface area contributed by atoms with E-state index in [2.05, 4.69) is 35.9 Å². The van der Waals surface area contributed by atoms with Gasteiger partial charge in [0.2, 0.25) is 0 Å². The van der Waals surface area contributed by atoms with Gasteiger partial charge in [-0.1, -0.05) is 67.9 Å². The topological polar surface area (TPSA) is 9.23 Å². The minimum absolute atomic E-state index is 0.102. The third-order valence-electron chi connectivity index (χ3n) is 6.76. The molecule has 0 aromatic heterocycles. The molecule has 0 amide bonds. The van der Waals surface area contributed by atoms with Gasteiger partial charge in [-0.3, -0.25) is 0 Å². The van der Waals surface area contributed by atoms with Crippen LogP contribution < -0.4 is 4.74 Å². The Bertz CT molecular complexity index is 1390. The highest BCUT2D eigenvalue weighted by Crippen LogP contribution is 2.28. The normalized spacial score (nSPS) is 11.8. The van der Waals surface area contributed by atoms with Crippen LogP contribution in [0.4, 0.5) is 26.3 Å². The van der Waals surface area contributed by atoms with Gasteiger partial charge in [-0.15, -0.1) is 0 Å². The van der Waals surface area contributed by atoms with Crippen LogP contribution in [-0.4, -0.2) is 12.8 Å². The summed E-state index contributed by atoms with van der Waals surface area (Å²) in [5.41, 5.74) is 4.28. The zero-order valence-corrected chi connectivity index (χ0v) is 21.7. The third-order valence-corrected chi connectivity index (χ3v) is 6.76. The Labute approximate surface area is 224 Å². The number of halogens is 6. The van der Waals surface area contributed by atoms with Crippen LogP contribution in [0.5, 0.6) is 5.75 Å². The van der Waals surface area contributed by atoms with E-state index in [4.69, 9.17) is 0 Å². The molecule has 0 atom stereocenters. The van der Waals surface area contributed by atoms with E-state index in [0.29, 0.717) is 10.9 Å². The van der Waals surface area contributed by atoms with Crippen molar-refractivity contribution in [2.45, 2.75) is 58.0 Å². The predicted molar refractivity (Wildman–Crippen MR) is 142 cm³/mol. The van der Waals surface area contributed by atoms with Gasteiger partial charge in [0.05, 0.1) is 0 Å². The summed E-state index contributed by atoms with van der Waals surface area (Å²) in [5, 5.41) is 1.23. The molecule has 0 spiro atoms. The molecular weight excluding hydrogens is 514 g/mol. The van der Waals surface area contributed by atoms with E-state index >= 15 is 4.39 Å². The lowest BCUT2D eigenvalue weighted by Gasteiger charge is -2.12. The molecule has 0 bridgehead atoms. The van der Waals surface area contributed by atoms with Crippen LogP contribution in [0.25, 0.3) is 10.8 Å². The quantitative estimate of drug-likeness (QED) is 0.171. The lowest BCUT2D eigenvalue weighted by Crippen LogP contribution is -2.20. The van der Waals surface area contributed by atoms with E-state index in [1.807, 2.05) is 18.2 Å². The van der Waals surface area contributed by atoms with Crippen LogP contribution in [0.1, 0.15) is 47.6 Å². The predicted octanol–water partition coefficient (Wildman–Crippen LogP) is 9.11. The molecule has 206 valence electrons. The maximum absolute atomic E-state index is 15.2. The van der Waals surface area contributed by atoms with Crippen LogP contribution in [0.15, 0.2) is 66.7 Å². The summed E-state index contributed by atoms with van der Waals surface area (Å²) in [4.78, 5) is 0. The standard InChI is InChI=1S/C32H30F6O/c1-2-3-4-21-5-7-22(8-6-21)9-10-23-12-16-27-26(17-23)15-14-25(30(27)35)13-11-24-18-28(33)31(29(34)19-24)39-20-32(36,37)38/h5-8,12,14-19H,2-4,9-11,13,20H2,1H3. The Balaban J connectivity index is 1.39. The highest BCUT2D eigenvalue weighted by Gasteiger charge is 2.30. The summed E-state index contributed by atoms with van der Waals surface area (Å²) in [5.74, 6) is -3.93. The molecule has 0 fully saturated rings. The molecule has 0 saturated heterocycles.